The molecule has 0 saturated carbocycles. The maximum atomic E-state index is 8.36. The number of aliphatic hydroxyl groups is 1. The second-order valence-electron chi connectivity index (χ2n) is 0.993. The molecule has 1 heterocycles. The van der Waals surface area contributed by atoms with E-state index in [0.717, 1.165) is 0 Å². The summed E-state index contributed by atoms with van der Waals surface area (Å²) in [7, 11) is 0. The quantitative estimate of drug-likeness (QED) is 0.409. The van der Waals surface area contributed by atoms with Crippen LogP contribution in [0.5, 0.6) is 0 Å². The molecule has 0 radical (unpaired) electrons. The Morgan fingerprint density at radius 2 is 2.67 bits per heavy atom. The summed E-state index contributed by atoms with van der Waals surface area (Å²) in [5, 5.41) is 17.6. The maximum Gasteiger partial charge on any atom is 0.222 e. The van der Waals surface area contributed by atoms with E-state index >= 15 is 0 Å². The van der Waals surface area contributed by atoms with Gasteiger partial charge in [0.25, 0.3) is 0 Å². The predicted molar refractivity (Wildman–Crippen MR) is 18.9 cm³/mol. The van der Waals surface area contributed by atoms with Gasteiger partial charge in [-0.2, -0.15) is 5.11 Å². The van der Waals surface area contributed by atoms with E-state index in [4.69, 9.17) is 5.11 Å². The lowest BCUT2D eigenvalue weighted by atomic mass is 11.0. The SMILES string of the molecule is OC1N=NCN1. The van der Waals surface area contributed by atoms with Crippen molar-refractivity contribution in [2.45, 2.75) is 6.35 Å². The summed E-state index contributed by atoms with van der Waals surface area (Å²) in [6.45, 7) is 0.446. The Balaban J connectivity index is 2.38. The average Bonchev–Trinajstić information content (AvgIpc) is 1.86. The zero-order chi connectivity index (χ0) is 4.41. The van der Waals surface area contributed by atoms with Crippen molar-refractivity contribution in [3.8, 4) is 0 Å². The minimum Gasteiger partial charge on any atom is -0.358 e. The summed E-state index contributed by atoms with van der Waals surface area (Å²) >= 11 is 0. The Bertz CT molecular complexity index is 71.2. The zero-order valence-electron chi connectivity index (χ0n) is 3.13. The summed E-state index contributed by atoms with van der Waals surface area (Å²) < 4.78 is 0. The van der Waals surface area contributed by atoms with Crippen LogP contribution >= 0.6 is 0 Å². The number of azo groups is 1. The first kappa shape index (κ1) is 3.70. The van der Waals surface area contributed by atoms with Crippen molar-refractivity contribution in [3.63, 3.8) is 0 Å². The average molecular weight is 87.1 g/mol. The molecule has 1 aliphatic rings. The molecule has 0 aromatic carbocycles. The molecule has 0 aliphatic carbocycles. The van der Waals surface area contributed by atoms with Crippen molar-refractivity contribution in [3.05, 3.63) is 0 Å². The number of hydrogen-bond acceptors (Lipinski definition) is 4. The monoisotopic (exact) mass is 87.0 g/mol. The van der Waals surface area contributed by atoms with Gasteiger partial charge in [0.1, 0.15) is 6.67 Å². The highest BCUT2D eigenvalue weighted by Crippen LogP contribution is 1.87. The Kier molecular flexibility index (Phi) is 0.813. The second kappa shape index (κ2) is 1.32. The topological polar surface area (TPSA) is 57.0 Å². The van der Waals surface area contributed by atoms with Gasteiger partial charge in [0.05, 0.1) is 0 Å². The van der Waals surface area contributed by atoms with Crippen LogP contribution < -0.4 is 5.32 Å². The van der Waals surface area contributed by atoms with Gasteiger partial charge in [-0.3, -0.25) is 5.32 Å². The van der Waals surface area contributed by atoms with Gasteiger partial charge in [-0.05, 0) is 0 Å². The fraction of sp³-hybridized carbons (Fsp3) is 1.00. The van der Waals surface area contributed by atoms with E-state index in [-0.39, 0.29) is 0 Å². The van der Waals surface area contributed by atoms with Crippen LogP contribution in [0.3, 0.4) is 0 Å². The van der Waals surface area contributed by atoms with Crippen LogP contribution in [0.4, 0.5) is 0 Å². The molecule has 0 bridgehead atoms. The highest BCUT2D eigenvalue weighted by Gasteiger charge is 2.01. The Hall–Kier alpha value is -0.480. The molecular formula is C2H5N3O. The number of nitrogens with zero attached hydrogens (tertiary/aromatic N) is 2. The highest BCUT2D eigenvalue weighted by molar-refractivity contribution is 4.49. The van der Waals surface area contributed by atoms with Crippen molar-refractivity contribution >= 4 is 0 Å². The summed E-state index contributed by atoms with van der Waals surface area (Å²) in [5.41, 5.74) is 0. The maximum absolute atomic E-state index is 8.36. The molecule has 1 rings (SSSR count). The molecule has 0 amide bonds. The number of hydrogen-bond donors (Lipinski definition) is 2. The molecule has 6 heavy (non-hydrogen) atoms. The van der Waals surface area contributed by atoms with Crippen molar-refractivity contribution in [1.82, 2.24) is 5.32 Å². The number of aliphatic hydroxyl groups excluding tert-OH is 1. The molecule has 0 spiro atoms. The summed E-state index contributed by atoms with van der Waals surface area (Å²) in [6.07, 6.45) is -0.745. The number of nitrogens with one attached hydrogen (secondary N) is 1. The fourth-order valence-corrected chi connectivity index (χ4v) is 0.281. The van der Waals surface area contributed by atoms with Crippen LogP contribution in [-0.2, 0) is 0 Å². The van der Waals surface area contributed by atoms with Crippen LogP contribution in [0.25, 0.3) is 0 Å². The van der Waals surface area contributed by atoms with Crippen LogP contribution in [0.1, 0.15) is 0 Å². The normalized spacial score (nSPS) is 31.8. The lowest BCUT2D eigenvalue weighted by Gasteiger charge is -1.89. The molecule has 0 aromatic heterocycles. The van der Waals surface area contributed by atoms with E-state index in [9.17, 15) is 0 Å². The minimum atomic E-state index is -0.745. The Labute approximate surface area is 34.9 Å². The zero-order valence-corrected chi connectivity index (χ0v) is 3.13. The molecule has 0 aromatic rings. The Morgan fingerprint density at radius 3 is 2.83 bits per heavy atom. The molecule has 34 valence electrons. The first-order valence-corrected chi connectivity index (χ1v) is 1.67. The van der Waals surface area contributed by atoms with Crippen LogP contribution in [0.15, 0.2) is 10.2 Å². The fourth-order valence-electron chi connectivity index (χ4n) is 0.281. The van der Waals surface area contributed by atoms with Gasteiger partial charge < -0.3 is 5.11 Å². The minimum absolute atomic E-state index is 0.446. The van der Waals surface area contributed by atoms with Gasteiger partial charge in [0, 0.05) is 0 Å². The second-order valence-corrected chi connectivity index (χ2v) is 0.993. The predicted octanol–water partition coefficient (Wildman–Crippen LogP) is -0.725. The molecule has 1 unspecified atom stereocenters. The van der Waals surface area contributed by atoms with Crippen molar-refractivity contribution in [2.24, 2.45) is 10.2 Å². The Morgan fingerprint density at radius 1 is 1.83 bits per heavy atom. The van der Waals surface area contributed by atoms with Gasteiger partial charge in [0.2, 0.25) is 6.35 Å². The van der Waals surface area contributed by atoms with Crippen molar-refractivity contribution in [1.29, 1.82) is 0 Å². The van der Waals surface area contributed by atoms with Gasteiger partial charge in [-0.15, -0.1) is 5.11 Å². The van der Waals surface area contributed by atoms with Crippen LogP contribution in [0, 0.1) is 0 Å². The molecule has 4 nitrogen and oxygen atoms in total. The third kappa shape index (κ3) is 0.526. The molecule has 1 aliphatic heterocycles. The molecule has 2 N–H and O–H groups in total. The highest BCUT2D eigenvalue weighted by atomic mass is 16.3. The van der Waals surface area contributed by atoms with E-state index in [1.807, 2.05) is 0 Å². The summed E-state index contributed by atoms with van der Waals surface area (Å²) in [5.74, 6) is 0. The standard InChI is InChI=1S/C2H5N3O/c6-2-3-1-4-5-2/h2-3,6H,1H2. The molecular weight excluding hydrogens is 82.0 g/mol. The van der Waals surface area contributed by atoms with Gasteiger partial charge >= 0.3 is 0 Å². The van der Waals surface area contributed by atoms with E-state index in [1.54, 1.807) is 0 Å². The molecule has 1 atom stereocenters. The van der Waals surface area contributed by atoms with E-state index in [1.165, 1.54) is 0 Å². The van der Waals surface area contributed by atoms with E-state index in [0.29, 0.717) is 6.67 Å². The first-order chi connectivity index (χ1) is 2.89. The molecule has 0 saturated heterocycles. The largest absolute Gasteiger partial charge is 0.358 e. The third-order valence-corrected chi connectivity index (χ3v) is 0.536. The van der Waals surface area contributed by atoms with Gasteiger partial charge in [0.15, 0.2) is 0 Å². The van der Waals surface area contributed by atoms with E-state index < -0.39 is 6.35 Å². The molecule has 0 fully saturated rings. The van der Waals surface area contributed by atoms with Crippen molar-refractivity contribution in [2.75, 3.05) is 6.67 Å². The number of rotatable bonds is 0. The lowest BCUT2D eigenvalue weighted by Crippen LogP contribution is -2.20. The smallest absolute Gasteiger partial charge is 0.222 e. The third-order valence-electron chi connectivity index (χ3n) is 0.536. The van der Waals surface area contributed by atoms with Crippen LogP contribution in [0.2, 0.25) is 0 Å². The lowest BCUT2D eigenvalue weighted by molar-refractivity contribution is 0.162. The van der Waals surface area contributed by atoms with Crippen LogP contribution in [-0.4, -0.2) is 18.1 Å². The van der Waals surface area contributed by atoms with Gasteiger partial charge in [-0.25, -0.2) is 0 Å². The molecule has 4 heteroatoms. The first-order valence-electron chi connectivity index (χ1n) is 1.67. The van der Waals surface area contributed by atoms with E-state index in [2.05, 4.69) is 15.5 Å². The summed E-state index contributed by atoms with van der Waals surface area (Å²) in [4.78, 5) is 0. The van der Waals surface area contributed by atoms with Crippen molar-refractivity contribution < 1.29 is 5.11 Å². The summed E-state index contributed by atoms with van der Waals surface area (Å²) in [6, 6.07) is 0. The van der Waals surface area contributed by atoms with Gasteiger partial charge in [-0.1, -0.05) is 0 Å².